The molecule has 0 saturated carbocycles. The molecule has 144 valence electrons. The Bertz CT molecular complexity index is 912. The van der Waals surface area contributed by atoms with Crippen molar-refractivity contribution in [2.45, 2.75) is 13.2 Å². The second-order valence-electron chi connectivity index (χ2n) is 6.07. The molecule has 2 amide bonds. The van der Waals surface area contributed by atoms with Gasteiger partial charge in [0.05, 0.1) is 12.8 Å². The molecule has 6 heteroatoms. The molecule has 3 aromatic carbocycles. The van der Waals surface area contributed by atoms with Gasteiger partial charge in [0.25, 0.3) is 0 Å². The lowest BCUT2D eigenvalue weighted by atomic mass is 10.2. The van der Waals surface area contributed by atoms with Crippen molar-refractivity contribution in [1.29, 1.82) is 0 Å². The Balaban J connectivity index is 1.47. The summed E-state index contributed by atoms with van der Waals surface area (Å²) in [6.07, 6.45) is 0. The zero-order valence-electron chi connectivity index (χ0n) is 15.4. The van der Waals surface area contributed by atoms with Crippen LogP contribution in [0.25, 0.3) is 0 Å². The summed E-state index contributed by atoms with van der Waals surface area (Å²) in [6, 6.07) is 20.5. The van der Waals surface area contributed by atoms with Crippen LogP contribution in [0.5, 0.6) is 11.5 Å². The molecule has 5 nitrogen and oxygen atoms in total. The van der Waals surface area contributed by atoms with Gasteiger partial charge in [0.2, 0.25) is 0 Å². The van der Waals surface area contributed by atoms with Gasteiger partial charge in [-0.2, -0.15) is 0 Å². The molecule has 0 radical (unpaired) electrons. The normalized spacial score (nSPS) is 10.2. The van der Waals surface area contributed by atoms with Crippen LogP contribution in [0.2, 0.25) is 0 Å². The van der Waals surface area contributed by atoms with Crippen molar-refractivity contribution in [3.8, 4) is 11.5 Å². The van der Waals surface area contributed by atoms with E-state index < -0.39 is 0 Å². The first kappa shape index (κ1) is 19.2. The minimum Gasteiger partial charge on any atom is -0.495 e. The third-order valence-electron chi connectivity index (χ3n) is 4.05. The van der Waals surface area contributed by atoms with E-state index in [1.807, 2.05) is 36.4 Å². The first-order chi connectivity index (χ1) is 13.6. The van der Waals surface area contributed by atoms with Crippen molar-refractivity contribution in [1.82, 2.24) is 5.32 Å². The molecule has 0 saturated heterocycles. The Hall–Kier alpha value is -3.54. The van der Waals surface area contributed by atoms with Crippen LogP contribution in [-0.4, -0.2) is 13.1 Å². The first-order valence-corrected chi connectivity index (χ1v) is 8.78. The highest BCUT2D eigenvalue weighted by molar-refractivity contribution is 5.90. The van der Waals surface area contributed by atoms with Crippen molar-refractivity contribution in [3.63, 3.8) is 0 Å². The average Bonchev–Trinajstić information content (AvgIpc) is 2.73. The van der Waals surface area contributed by atoms with Gasteiger partial charge in [-0.25, -0.2) is 9.18 Å². The molecule has 3 rings (SSSR count). The first-order valence-electron chi connectivity index (χ1n) is 8.78. The molecule has 0 unspecified atom stereocenters. The molecule has 2 N–H and O–H groups in total. The van der Waals surface area contributed by atoms with Gasteiger partial charge in [-0.1, -0.05) is 36.4 Å². The highest BCUT2D eigenvalue weighted by Crippen LogP contribution is 2.22. The van der Waals surface area contributed by atoms with Crippen LogP contribution in [0.3, 0.4) is 0 Å². The standard InChI is InChI=1S/C22H21FN2O3/c1-27-21-5-3-2-4-20(21)25-22(26)24-14-16-8-12-19(13-9-16)28-15-17-6-10-18(23)11-7-17/h2-13H,14-15H2,1H3,(H2,24,25,26). The van der Waals surface area contributed by atoms with E-state index in [1.54, 1.807) is 31.4 Å². The van der Waals surface area contributed by atoms with Gasteiger partial charge in [-0.3, -0.25) is 0 Å². The number of ether oxygens (including phenoxy) is 2. The van der Waals surface area contributed by atoms with Gasteiger partial charge < -0.3 is 20.1 Å². The van der Waals surface area contributed by atoms with Crippen LogP contribution in [-0.2, 0) is 13.2 Å². The fraction of sp³-hybridized carbons (Fsp3) is 0.136. The molecule has 3 aromatic rings. The molecular formula is C22H21FN2O3. The van der Waals surface area contributed by atoms with E-state index in [9.17, 15) is 9.18 Å². The summed E-state index contributed by atoms with van der Waals surface area (Å²) in [5.41, 5.74) is 2.43. The van der Waals surface area contributed by atoms with E-state index in [-0.39, 0.29) is 11.8 Å². The summed E-state index contributed by atoms with van der Waals surface area (Å²) in [6.45, 7) is 0.735. The second kappa shape index (κ2) is 9.41. The molecule has 0 aromatic heterocycles. The number of methoxy groups -OCH3 is 1. The third kappa shape index (κ3) is 5.48. The van der Waals surface area contributed by atoms with Crippen LogP contribution in [0.1, 0.15) is 11.1 Å². The number of carbonyl (C=O) groups is 1. The highest BCUT2D eigenvalue weighted by Gasteiger charge is 2.06. The quantitative estimate of drug-likeness (QED) is 0.623. The molecule has 28 heavy (non-hydrogen) atoms. The topological polar surface area (TPSA) is 59.6 Å². The number of nitrogens with one attached hydrogen (secondary N) is 2. The number of urea groups is 1. The predicted octanol–water partition coefficient (Wildman–Crippen LogP) is 4.74. The van der Waals surface area contributed by atoms with Gasteiger partial charge in [0.1, 0.15) is 23.9 Å². The SMILES string of the molecule is COc1ccccc1NC(=O)NCc1ccc(OCc2ccc(F)cc2)cc1. The Morgan fingerprint density at radius 1 is 0.929 bits per heavy atom. The molecule has 0 bridgehead atoms. The van der Waals surface area contributed by atoms with E-state index in [1.165, 1.54) is 12.1 Å². The van der Waals surface area contributed by atoms with Crippen molar-refractivity contribution >= 4 is 11.7 Å². The van der Waals surface area contributed by atoms with E-state index in [2.05, 4.69) is 10.6 Å². The van der Waals surface area contributed by atoms with Gasteiger partial charge >= 0.3 is 6.03 Å². The molecule has 0 fully saturated rings. The fourth-order valence-corrected chi connectivity index (χ4v) is 2.55. The van der Waals surface area contributed by atoms with E-state index in [4.69, 9.17) is 9.47 Å². The number of carbonyl (C=O) groups excluding carboxylic acids is 1. The van der Waals surface area contributed by atoms with Crippen LogP contribution < -0.4 is 20.1 Å². The van der Waals surface area contributed by atoms with E-state index in [0.29, 0.717) is 30.3 Å². The maximum Gasteiger partial charge on any atom is 0.319 e. The van der Waals surface area contributed by atoms with Crippen molar-refractivity contribution in [2.75, 3.05) is 12.4 Å². The van der Waals surface area contributed by atoms with Crippen LogP contribution in [0.15, 0.2) is 72.8 Å². The summed E-state index contributed by atoms with van der Waals surface area (Å²) in [5, 5.41) is 5.56. The number of anilines is 1. The van der Waals surface area contributed by atoms with Crippen molar-refractivity contribution in [2.24, 2.45) is 0 Å². The summed E-state index contributed by atoms with van der Waals surface area (Å²) >= 11 is 0. The Morgan fingerprint density at radius 2 is 1.61 bits per heavy atom. The minimum absolute atomic E-state index is 0.268. The molecular weight excluding hydrogens is 359 g/mol. The Labute approximate surface area is 163 Å². The lowest BCUT2D eigenvalue weighted by molar-refractivity contribution is 0.251. The van der Waals surface area contributed by atoms with Gasteiger partial charge in [-0.15, -0.1) is 0 Å². The largest absolute Gasteiger partial charge is 0.495 e. The van der Waals surface area contributed by atoms with Gasteiger partial charge in [-0.05, 0) is 47.5 Å². The zero-order valence-corrected chi connectivity index (χ0v) is 15.4. The lowest BCUT2D eigenvalue weighted by Gasteiger charge is -2.11. The Kier molecular flexibility index (Phi) is 6.46. The molecule has 0 atom stereocenters. The summed E-state index contributed by atoms with van der Waals surface area (Å²) in [4.78, 5) is 12.1. The number of benzene rings is 3. The number of halogens is 1. The number of hydrogen-bond acceptors (Lipinski definition) is 3. The van der Waals surface area contributed by atoms with E-state index >= 15 is 0 Å². The molecule has 0 aliphatic carbocycles. The monoisotopic (exact) mass is 380 g/mol. The molecule has 0 aliphatic heterocycles. The van der Waals surface area contributed by atoms with Crippen molar-refractivity contribution < 1.29 is 18.7 Å². The van der Waals surface area contributed by atoms with Crippen molar-refractivity contribution in [3.05, 3.63) is 89.7 Å². The third-order valence-corrected chi connectivity index (χ3v) is 4.05. The van der Waals surface area contributed by atoms with Crippen LogP contribution in [0, 0.1) is 5.82 Å². The minimum atomic E-state index is -0.318. The summed E-state index contributed by atoms with van der Waals surface area (Å²) in [7, 11) is 1.55. The molecule has 0 aliphatic rings. The highest BCUT2D eigenvalue weighted by atomic mass is 19.1. The van der Waals surface area contributed by atoms with Gasteiger partial charge in [0.15, 0.2) is 0 Å². The smallest absolute Gasteiger partial charge is 0.319 e. The number of rotatable bonds is 7. The maximum absolute atomic E-state index is 12.9. The average molecular weight is 380 g/mol. The zero-order chi connectivity index (χ0) is 19.8. The summed E-state index contributed by atoms with van der Waals surface area (Å²) in [5.74, 6) is 1.03. The second-order valence-corrected chi connectivity index (χ2v) is 6.07. The fourth-order valence-electron chi connectivity index (χ4n) is 2.55. The van der Waals surface area contributed by atoms with Crippen LogP contribution >= 0.6 is 0 Å². The van der Waals surface area contributed by atoms with Gasteiger partial charge in [0, 0.05) is 6.54 Å². The number of para-hydroxylation sites is 2. The Morgan fingerprint density at radius 3 is 2.32 bits per heavy atom. The number of hydrogen-bond donors (Lipinski definition) is 2. The molecule has 0 spiro atoms. The lowest BCUT2D eigenvalue weighted by Crippen LogP contribution is -2.28. The number of amides is 2. The van der Waals surface area contributed by atoms with Crippen LogP contribution in [0.4, 0.5) is 14.9 Å². The predicted molar refractivity (Wildman–Crippen MR) is 106 cm³/mol. The van der Waals surface area contributed by atoms with E-state index in [0.717, 1.165) is 11.1 Å². The summed E-state index contributed by atoms with van der Waals surface area (Å²) < 4.78 is 23.8. The maximum atomic E-state index is 12.9. The molecule has 0 heterocycles.